The van der Waals surface area contributed by atoms with Crippen LogP contribution >= 0.6 is 0 Å². The highest BCUT2D eigenvalue weighted by molar-refractivity contribution is 5.69. The average Bonchev–Trinajstić information content (AvgIpc) is 2.28. The molecule has 1 rings (SSSR count). The zero-order valence-electron chi connectivity index (χ0n) is 8.75. The molecular formula is C9H10N2O5. The quantitative estimate of drug-likeness (QED) is 0.577. The van der Waals surface area contributed by atoms with Gasteiger partial charge in [-0.1, -0.05) is 0 Å². The van der Waals surface area contributed by atoms with Crippen LogP contribution in [0.5, 0.6) is 5.75 Å². The Labute approximate surface area is 91.3 Å². The molecule has 0 unspecified atom stereocenters. The number of carbonyl (C=O) groups excluding carboxylic acids is 1. The monoisotopic (exact) mass is 226 g/mol. The minimum atomic E-state index is -0.712. The Bertz CT molecular complexity index is 389. The first-order valence-corrected chi connectivity index (χ1v) is 4.28. The summed E-state index contributed by atoms with van der Waals surface area (Å²) in [4.78, 5) is 25.6. The lowest BCUT2D eigenvalue weighted by Crippen LogP contribution is -2.28. The number of nitro groups is 1. The van der Waals surface area contributed by atoms with Crippen molar-refractivity contribution < 1.29 is 19.3 Å². The van der Waals surface area contributed by atoms with Crippen molar-refractivity contribution >= 4 is 11.8 Å². The van der Waals surface area contributed by atoms with Crippen LogP contribution in [0.2, 0.25) is 0 Å². The number of hydrogen-bond donors (Lipinski definition) is 0. The van der Waals surface area contributed by atoms with Gasteiger partial charge in [0.25, 0.3) is 5.69 Å². The summed E-state index contributed by atoms with van der Waals surface area (Å²) in [5.74, 6) is 0.208. The first kappa shape index (κ1) is 11.9. The predicted octanol–water partition coefficient (Wildman–Crippen LogP) is 1.59. The Morgan fingerprint density at radius 2 is 1.94 bits per heavy atom. The Balaban J connectivity index is 2.69. The van der Waals surface area contributed by atoms with Crippen molar-refractivity contribution in [1.82, 2.24) is 5.06 Å². The smallest absolute Gasteiger partial charge is 0.409 e. The van der Waals surface area contributed by atoms with E-state index in [0.29, 0.717) is 0 Å². The molecule has 0 spiro atoms. The van der Waals surface area contributed by atoms with Gasteiger partial charge in [-0.3, -0.25) is 15.0 Å². The number of amides is 1. The molecule has 0 heterocycles. The van der Waals surface area contributed by atoms with Crippen molar-refractivity contribution in [3.63, 3.8) is 0 Å². The Morgan fingerprint density at radius 1 is 1.38 bits per heavy atom. The molecule has 0 aliphatic rings. The summed E-state index contributed by atoms with van der Waals surface area (Å²) in [6.07, 6.45) is -0.712. The molecule has 7 heteroatoms. The van der Waals surface area contributed by atoms with Crippen LogP contribution in [-0.2, 0) is 4.84 Å². The number of rotatable bonds is 3. The van der Waals surface area contributed by atoms with Gasteiger partial charge in [0.1, 0.15) is 5.75 Å². The number of benzene rings is 1. The third kappa shape index (κ3) is 2.92. The number of hydrogen-bond acceptors (Lipinski definition) is 5. The van der Waals surface area contributed by atoms with Crippen molar-refractivity contribution in [2.24, 2.45) is 0 Å². The van der Waals surface area contributed by atoms with Gasteiger partial charge in [-0.05, 0) is 12.1 Å². The highest BCUT2D eigenvalue weighted by atomic mass is 16.7. The van der Waals surface area contributed by atoms with E-state index in [9.17, 15) is 14.9 Å². The fourth-order valence-electron chi connectivity index (χ4n) is 0.876. The first-order chi connectivity index (χ1) is 7.54. The van der Waals surface area contributed by atoms with E-state index < -0.39 is 11.0 Å². The largest absolute Gasteiger partial charge is 0.439 e. The maximum Gasteiger partial charge on any atom is 0.439 e. The number of non-ortho nitro benzene ring substituents is 1. The van der Waals surface area contributed by atoms with Crippen LogP contribution in [0, 0.1) is 10.1 Å². The molecule has 0 radical (unpaired) electrons. The Hall–Kier alpha value is -2.15. The van der Waals surface area contributed by atoms with E-state index in [0.717, 1.165) is 5.06 Å². The number of nitrogens with zero attached hydrogens (tertiary/aromatic N) is 2. The molecule has 0 aliphatic carbocycles. The SMILES string of the molecule is CON(C)C(=O)Oc1ccc([N+](=O)[O-])cc1. The minimum absolute atomic E-state index is 0.0695. The predicted molar refractivity (Wildman–Crippen MR) is 53.9 cm³/mol. The fraction of sp³-hybridized carbons (Fsp3) is 0.222. The molecular weight excluding hydrogens is 216 g/mol. The van der Waals surface area contributed by atoms with Crippen molar-refractivity contribution in [1.29, 1.82) is 0 Å². The van der Waals surface area contributed by atoms with Crippen molar-refractivity contribution in [3.8, 4) is 5.75 Å². The molecule has 1 amide bonds. The molecule has 0 fully saturated rings. The summed E-state index contributed by atoms with van der Waals surface area (Å²) < 4.78 is 4.84. The summed E-state index contributed by atoms with van der Waals surface area (Å²) in [6, 6.07) is 5.16. The highest BCUT2D eigenvalue weighted by Crippen LogP contribution is 2.17. The average molecular weight is 226 g/mol. The van der Waals surface area contributed by atoms with Gasteiger partial charge in [-0.15, -0.1) is 0 Å². The van der Waals surface area contributed by atoms with Gasteiger partial charge < -0.3 is 4.74 Å². The molecule has 86 valence electrons. The number of carbonyl (C=O) groups is 1. The lowest BCUT2D eigenvalue weighted by Gasteiger charge is -2.12. The standard InChI is InChI=1S/C9H10N2O5/c1-10(15-2)9(12)16-8-5-3-7(4-6-8)11(13)14/h3-6H,1-2H3. The minimum Gasteiger partial charge on any atom is -0.409 e. The molecule has 0 N–H and O–H groups in total. The Morgan fingerprint density at radius 3 is 2.38 bits per heavy atom. The summed E-state index contributed by atoms with van der Waals surface area (Å²) >= 11 is 0. The molecule has 16 heavy (non-hydrogen) atoms. The van der Waals surface area contributed by atoms with E-state index in [4.69, 9.17) is 4.74 Å². The van der Waals surface area contributed by atoms with Crippen LogP contribution in [0.4, 0.5) is 10.5 Å². The molecule has 0 aliphatic heterocycles. The fourth-order valence-corrected chi connectivity index (χ4v) is 0.876. The van der Waals surface area contributed by atoms with Crippen LogP contribution in [0.1, 0.15) is 0 Å². The topological polar surface area (TPSA) is 81.9 Å². The molecule has 0 bridgehead atoms. The zero-order valence-corrected chi connectivity index (χ0v) is 8.75. The van der Waals surface area contributed by atoms with Crippen LogP contribution in [-0.4, -0.2) is 30.2 Å². The zero-order chi connectivity index (χ0) is 12.1. The lowest BCUT2D eigenvalue weighted by atomic mass is 10.3. The Kier molecular flexibility index (Phi) is 3.78. The van der Waals surface area contributed by atoms with Gasteiger partial charge in [0.2, 0.25) is 0 Å². The van der Waals surface area contributed by atoms with Gasteiger partial charge in [-0.25, -0.2) is 4.79 Å². The van der Waals surface area contributed by atoms with E-state index in [1.165, 1.54) is 38.4 Å². The molecule has 0 aromatic heterocycles. The van der Waals surface area contributed by atoms with Gasteiger partial charge in [-0.2, -0.15) is 5.06 Å². The third-order valence-electron chi connectivity index (χ3n) is 1.78. The number of ether oxygens (including phenoxy) is 1. The second kappa shape index (κ2) is 5.08. The van der Waals surface area contributed by atoms with E-state index in [1.807, 2.05) is 0 Å². The summed E-state index contributed by atoms with van der Waals surface area (Å²) in [7, 11) is 2.70. The van der Waals surface area contributed by atoms with Gasteiger partial charge in [0.05, 0.1) is 12.0 Å². The normalized spacial score (nSPS) is 9.62. The number of nitro benzene ring substituents is 1. The highest BCUT2D eigenvalue weighted by Gasteiger charge is 2.11. The van der Waals surface area contributed by atoms with E-state index >= 15 is 0 Å². The first-order valence-electron chi connectivity index (χ1n) is 4.28. The van der Waals surface area contributed by atoms with Crippen molar-refractivity contribution in [2.45, 2.75) is 0 Å². The molecule has 0 atom stereocenters. The molecule has 0 saturated heterocycles. The third-order valence-corrected chi connectivity index (χ3v) is 1.78. The maximum absolute atomic E-state index is 11.2. The van der Waals surface area contributed by atoms with Crippen LogP contribution in [0.15, 0.2) is 24.3 Å². The molecule has 1 aromatic carbocycles. The molecule has 7 nitrogen and oxygen atoms in total. The van der Waals surface area contributed by atoms with E-state index in [1.54, 1.807) is 0 Å². The van der Waals surface area contributed by atoms with Crippen LogP contribution in [0.25, 0.3) is 0 Å². The second-order valence-corrected chi connectivity index (χ2v) is 2.80. The van der Waals surface area contributed by atoms with E-state index in [-0.39, 0.29) is 11.4 Å². The van der Waals surface area contributed by atoms with Gasteiger partial charge in [0, 0.05) is 19.2 Å². The maximum atomic E-state index is 11.2. The van der Waals surface area contributed by atoms with E-state index in [2.05, 4.69) is 4.84 Å². The molecule has 0 saturated carbocycles. The van der Waals surface area contributed by atoms with Gasteiger partial charge in [0.15, 0.2) is 0 Å². The number of hydroxylamine groups is 2. The lowest BCUT2D eigenvalue weighted by molar-refractivity contribution is -0.384. The van der Waals surface area contributed by atoms with Gasteiger partial charge >= 0.3 is 6.09 Å². The summed E-state index contributed by atoms with van der Waals surface area (Å²) in [6.45, 7) is 0. The van der Waals surface area contributed by atoms with Crippen LogP contribution < -0.4 is 4.74 Å². The summed E-state index contributed by atoms with van der Waals surface area (Å²) in [5.41, 5.74) is -0.0695. The summed E-state index contributed by atoms with van der Waals surface area (Å²) in [5, 5.41) is 11.2. The van der Waals surface area contributed by atoms with Crippen LogP contribution in [0.3, 0.4) is 0 Å². The van der Waals surface area contributed by atoms with Crippen molar-refractivity contribution in [2.75, 3.05) is 14.2 Å². The van der Waals surface area contributed by atoms with Crippen molar-refractivity contribution in [3.05, 3.63) is 34.4 Å². The molecule has 1 aromatic rings. The second-order valence-electron chi connectivity index (χ2n) is 2.80.